The number of carbonyl (C=O) groups excluding carboxylic acids is 1. The number of aryl methyl sites for hydroxylation is 1. The Morgan fingerprint density at radius 2 is 2.33 bits per heavy atom. The highest BCUT2D eigenvalue weighted by Crippen LogP contribution is 2.31. The maximum atomic E-state index is 11.8. The minimum absolute atomic E-state index is 0.0474. The van der Waals surface area contributed by atoms with Crippen molar-refractivity contribution in [3.63, 3.8) is 0 Å². The quantitative estimate of drug-likeness (QED) is 0.870. The molecule has 2 atom stereocenters. The van der Waals surface area contributed by atoms with Crippen LogP contribution in [0.15, 0.2) is 5.38 Å². The van der Waals surface area contributed by atoms with Crippen LogP contribution >= 0.6 is 11.3 Å². The second-order valence-corrected chi connectivity index (χ2v) is 5.66. The van der Waals surface area contributed by atoms with Gasteiger partial charge in [0, 0.05) is 11.9 Å². The maximum absolute atomic E-state index is 11.8. The van der Waals surface area contributed by atoms with Crippen molar-refractivity contribution in [1.29, 1.82) is 0 Å². The van der Waals surface area contributed by atoms with E-state index in [0.717, 1.165) is 17.8 Å². The summed E-state index contributed by atoms with van der Waals surface area (Å²) in [6.45, 7) is 2.27. The third-order valence-electron chi connectivity index (χ3n) is 3.35. The van der Waals surface area contributed by atoms with Crippen LogP contribution < -0.4 is 5.32 Å². The normalized spacial score (nSPS) is 22.9. The molecule has 1 aromatic rings. The fourth-order valence-corrected chi connectivity index (χ4v) is 2.98. The largest absolute Gasteiger partial charge is 0.481 e. The molecule has 18 heavy (non-hydrogen) atoms. The number of hydrogen-bond donors (Lipinski definition) is 2. The molecular formula is C12H16N2O3S. The number of rotatable bonds is 4. The van der Waals surface area contributed by atoms with E-state index in [4.69, 9.17) is 5.11 Å². The molecule has 1 saturated carbocycles. The van der Waals surface area contributed by atoms with Crippen LogP contribution in [0.1, 0.15) is 34.8 Å². The second-order valence-electron chi connectivity index (χ2n) is 4.60. The van der Waals surface area contributed by atoms with Gasteiger partial charge in [0.1, 0.15) is 5.69 Å². The Balaban J connectivity index is 1.88. The summed E-state index contributed by atoms with van der Waals surface area (Å²) >= 11 is 1.43. The number of carbonyl (C=O) groups is 2. The number of thiazole rings is 1. The zero-order valence-electron chi connectivity index (χ0n) is 10.2. The molecule has 0 saturated heterocycles. The Kier molecular flexibility index (Phi) is 3.96. The first-order chi connectivity index (χ1) is 8.58. The number of nitrogens with one attached hydrogen (secondary N) is 1. The zero-order chi connectivity index (χ0) is 13.1. The van der Waals surface area contributed by atoms with E-state index in [9.17, 15) is 9.59 Å². The van der Waals surface area contributed by atoms with Gasteiger partial charge in [0.15, 0.2) is 0 Å². The Labute approximate surface area is 109 Å². The Morgan fingerprint density at radius 3 is 2.94 bits per heavy atom. The monoisotopic (exact) mass is 268 g/mol. The molecule has 1 aliphatic carbocycles. The third-order valence-corrected chi connectivity index (χ3v) is 4.13. The van der Waals surface area contributed by atoms with Crippen molar-refractivity contribution in [2.45, 2.75) is 26.2 Å². The van der Waals surface area contributed by atoms with Crippen molar-refractivity contribution in [2.75, 3.05) is 6.54 Å². The lowest BCUT2D eigenvalue weighted by Gasteiger charge is -2.15. The summed E-state index contributed by atoms with van der Waals surface area (Å²) < 4.78 is 0. The highest BCUT2D eigenvalue weighted by molar-refractivity contribution is 7.09. The minimum atomic E-state index is -0.753. The first kappa shape index (κ1) is 13.0. The molecule has 2 rings (SSSR count). The van der Waals surface area contributed by atoms with Gasteiger partial charge in [-0.15, -0.1) is 11.3 Å². The fourth-order valence-electron chi connectivity index (χ4n) is 2.39. The number of aromatic nitrogens is 1. The summed E-state index contributed by atoms with van der Waals surface area (Å²) in [5.74, 6) is -1.24. The van der Waals surface area contributed by atoms with Gasteiger partial charge in [-0.1, -0.05) is 6.42 Å². The molecule has 1 fully saturated rings. The van der Waals surface area contributed by atoms with Gasteiger partial charge >= 0.3 is 5.97 Å². The van der Waals surface area contributed by atoms with E-state index in [1.165, 1.54) is 11.3 Å². The van der Waals surface area contributed by atoms with E-state index in [2.05, 4.69) is 10.3 Å². The topological polar surface area (TPSA) is 79.3 Å². The lowest BCUT2D eigenvalue weighted by Crippen LogP contribution is -2.33. The van der Waals surface area contributed by atoms with E-state index in [-0.39, 0.29) is 17.7 Å². The summed E-state index contributed by atoms with van der Waals surface area (Å²) in [6, 6.07) is 0. The van der Waals surface area contributed by atoms with Crippen molar-refractivity contribution in [3.05, 3.63) is 16.1 Å². The van der Waals surface area contributed by atoms with Crippen LogP contribution in [0.3, 0.4) is 0 Å². The standard InChI is InChI=1S/C12H16N2O3S/c1-7-14-10(6-18-7)11(15)13-5-8-3-2-4-9(8)12(16)17/h6,8-9H,2-5H2,1H3,(H,13,15)(H,16,17). The van der Waals surface area contributed by atoms with Crippen LogP contribution in [0.25, 0.3) is 0 Å². The molecule has 1 aromatic heterocycles. The lowest BCUT2D eigenvalue weighted by molar-refractivity contribution is -0.142. The maximum Gasteiger partial charge on any atom is 0.306 e. The van der Waals surface area contributed by atoms with Crippen LogP contribution in [0.5, 0.6) is 0 Å². The highest BCUT2D eigenvalue weighted by Gasteiger charge is 2.32. The van der Waals surface area contributed by atoms with Crippen molar-refractivity contribution in [1.82, 2.24) is 10.3 Å². The summed E-state index contributed by atoms with van der Waals surface area (Å²) in [7, 11) is 0. The van der Waals surface area contributed by atoms with Crippen molar-refractivity contribution < 1.29 is 14.7 Å². The molecule has 1 heterocycles. The molecule has 2 unspecified atom stereocenters. The molecule has 2 N–H and O–H groups in total. The van der Waals surface area contributed by atoms with Gasteiger partial charge in [-0.2, -0.15) is 0 Å². The number of hydrogen-bond acceptors (Lipinski definition) is 4. The van der Waals surface area contributed by atoms with Crippen molar-refractivity contribution in [2.24, 2.45) is 11.8 Å². The van der Waals surface area contributed by atoms with E-state index in [0.29, 0.717) is 18.7 Å². The molecule has 0 aliphatic heterocycles. The van der Waals surface area contributed by atoms with Gasteiger partial charge in [0.25, 0.3) is 5.91 Å². The van der Waals surface area contributed by atoms with Gasteiger partial charge in [0.2, 0.25) is 0 Å². The summed E-state index contributed by atoms with van der Waals surface area (Å²) in [5, 5.41) is 14.4. The van der Waals surface area contributed by atoms with Gasteiger partial charge in [-0.05, 0) is 25.7 Å². The molecule has 0 radical (unpaired) electrons. The number of nitrogens with zero attached hydrogens (tertiary/aromatic N) is 1. The summed E-state index contributed by atoms with van der Waals surface area (Å²) in [5.41, 5.74) is 0.419. The number of amides is 1. The summed E-state index contributed by atoms with van der Waals surface area (Å²) in [4.78, 5) is 26.9. The van der Waals surface area contributed by atoms with Crippen LogP contribution in [-0.2, 0) is 4.79 Å². The average Bonchev–Trinajstić information content (AvgIpc) is 2.94. The molecular weight excluding hydrogens is 252 g/mol. The molecule has 0 aromatic carbocycles. The van der Waals surface area contributed by atoms with Crippen LogP contribution in [0, 0.1) is 18.8 Å². The smallest absolute Gasteiger partial charge is 0.306 e. The lowest BCUT2D eigenvalue weighted by atomic mass is 9.96. The van der Waals surface area contributed by atoms with Crippen molar-refractivity contribution in [3.8, 4) is 0 Å². The van der Waals surface area contributed by atoms with Gasteiger partial charge in [-0.25, -0.2) is 4.98 Å². The predicted molar refractivity (Wildman–Crippen MR) is 67.7 cm³/mol. The predicted octanol–water partition coefficient (Wildman–Crippen LogP) is 1.68. The Hall–Kier alpha value is -1.43. The SMILES string of the molecule is Cc1nc(C(=O)NCC2CCCC2C(=O)O)cs1. The minimum Gasteiger partial charge on any atom is -0.481 e. The number of carboxylic acid groups (broad SMARTS) is 1. The molecule has 1 amide bonds. The fraction of sp³-hybridized carbons (Fsp3) is 0.583. The van der Waals surface area contributed by atoms with Crippen LogP contribution in [-0.4, -0.2) is 28.5 Å². The van der Waals surface area contributed by atoms with Gasteiger partial charge < -0.3 is 10.4 Å². The Morgan fingerprint density at radius 1 is 1.56 bits per heavy atom. The summed E-state index contributed by atoms with van der Waals surface area (Å²) in [6.07, 6.45) is 2.51. The molecule has 98 valence electrons. The molecule has 6 heteroatoms. The van der Waals surface area contributed by atoms with E-state index < -0.39 is 5.97 Å². The number of carboxylic acids is 1. The van der Waals surface area contributed by atoms with Gasteiger partial charge in [0.05, 0.1) is 10.9 Å². The second kappa shape index (κ2) is 5.48. The first-order valence-corrected chi connectivity index (χ1v) is 6.89. The van der Waals surface area contributed by atoms with Crippen LogP contribution in [0.4, 0.5) is 0 Å². The zero-order valence-corrected chi connectivity index (χ0v) is 11.0. The van der Waals surface area contributed by atoms with E-state index in [1.54, 1.807) is 5.38 Å². The van der Waals surface area contributed by atoms with Crippen molar-refractivity contribution >= 4 is 23.2 Å². The van der Waals surface area contributed by atoms with E-state index in [1.807, 2.05) is 6.92 Å². The number of aliphatic carboxylic acids is 1. The first-order valence-electron chi connectivity index (χ1n) is 6.01. The molecule has 5 nitrogen and oxygen atoms in total. The average molecular weight is 268 g/mol. The highest BCUT2D eigenvalue weighted by atomic mass is 32.1. The molecule has 0 spiro atoms. The van der Waals surface area contributed by atoms with Gasteiger partial charge in [-0.3, -0.25) is 9.59 Å². The van der Waals surface area contributed by atoms with Crippen LogP contribution in [0.2, 0.25) is 0 Å². The third kappa shape index (κ3) is 2.87. The molecule has 1 aliphatic rings. The molecule has 0 bridgehead atoms. The van der Waals surface area contributed by atoms with E-state index >= 15 is 0 Å². The Bertz CT molecular complexity index is 458.